The second-order valence-electron chi connectivity index (χ2n) is 8.28. The fourth-order valence-corrected chi connectivity index (χ4v) is 7.05. The van der Waals surface area contributed by atoms with Crippen LogP contribution >= 0.6 is 22.9 Å². The third-order valence-corrected chi connectivity index (χ3v) is 9.26. The van der Waals surface area contributed by atoms with E-state index in [1.165, 1.54) is 44.8 Å². The number of carbonyl (C=O) groups is 1. The van der Waals surface area contributed by atoms with Gasteiger partial charge in [0.05, 0.1) is 28.9 Å². The monoisotopic (exact) mass is 542 g/mol. The number of hydrogen-bond acceptors (Lipinski definition) is 7. The Bertz CT molecular complexity index is 1490. The molecule has 0 radical (unpaired) electrons. The first-order valence-corrected chi connectivity index (χ1v) is 13.9. The van der Waals surface area contributed by atoms with Crippen LogP contribution in [-0.4, -0.2) is 48.3 Å². The van der Waals surface area contributed by atoms with E-state index in [0.29, 0.717) is 40.0 Å². The molecule has 3 heterocycles. The quantitative estimate of drug-likeness (QED) is 0.335. The van der Waals surface area contributed by atoms with Gasteiger partial charge < -0.3 is 4.74 Å². The Morgan fingerprint density at radius 2 is 1.97 bits per heavy atom. The van der Waals surface area contributed by atoms with Gasteiger partial charge in [0.25, 0.3) is 0 Å². The van der Waals surface area contributed by atoms with Crippen LogP contribution in [0, 0.1) is 0 Å². The number of benzene rings is 2. The molecule has 186 valence electrons. The molecule has 4 aromatic rings. The second-order valence-corrected chi connectivity index (χ2v) is 11.6. The number of hydrogen-bond donors (Lipinski definition) is 0. The highest BCUT2D eigenvalue weighted by molar-refractivity contribution is 7.89. The van der Waals surface area contributed by atoms with Crippen LogP contribution in [0.3, 0.4) is 0 Å². The Kier molecular flexibility index (Phi) is 6.94. The van der Waals surface area contributed by atoms with Crippen molar-refractivity contribution in [3.63, 3.8) is 0 Å². The number of para-hydroxylation sites is 1. The molecular formula is C25H23ClN4O4S2. The number of aromatic nitrogens is 2. The Morgan fingerprint density at radius 3 is 2.69 bits per heavy atom. The maximum atomic E-state index is 14.0. The van der Waals surface area contributed by atoms with Gasteiger partial charge in [-0.05, 0) is 61.4 Å². The van der Waals surface area contributed by atoms with Crippen LogP contribution in [0.1, 0.15) is 18.5 Å². The van der Waals surface area contributed by atoms with Crippen molar-refractivity contribution in [2.45, 2.75) is 30.3 Å². The molecule has 0 bridgehead atoms. The van der Waals surface area contributed by atoms with E-state index < -0.39 is 16.1 Å². The minimum atomic E-state index is -3.90. The van der Waals surface area contributed by atoms with Crippen LogP contribution < -0.4 is 9.64 Å². The number of sulfonamides is 1. The number of rotatable bonds is 7. The molecule has 0 spiro atoms. The van der Waals surface area contributed by atoms with E-state index in [1.54, 1.807) is 19.4 Å². The molecule has 1 saturated heterocycles. The highest BCUT2D eigenvalue weighted by Crippen LogP contribution is 2.36. The summed E-state index contributed by atoms with van der Waals surface area (Å²) in [4.78, 5) is 24.8. The lowest BCUT2D eigenvalue weighted by molar-refractivity contribution is -0.121. The summed E-state index contributed by atoms with van der Waals surface area (Å²) in [5, 5.41) is 0.900. The predicted molar refractivity (Wildman–Crippen MR) is 140 cm³/mol. The molecule has 1 amide bonds. The number of methoxy groups -OCH3 is 1. The first-order chi connectivity index (χ1) is 17.4. The molecule has 0 N–H and O–H groups in total. The normalized spacial score (nSPS) is 16.3. The third kappa shape index (κ3) is 4.69. The molecule has 11 heteroatoms. The summed E-state index contributed by atoms with van der Waals surface area (Å²) in [5.74, 6) is 0.266. The molecule has 8 nitrogen and oxygen atoms in total. The molecule has 2 aromatic carbocycles. The van der Waals surface area contributed by atoms with Crippen LogP contribution in [0.5, 0.6) is 5.75 Å². The van der Waals surface area contributed by atoms with Gasteiger partial charge in [-0.1, -0.05) is 35.1 Å². The van der Waals surface area contributed by atoms with Gasteiger partial charge in [0.2, 0.25) is 15.9 Å². The number of anilines is 1. The van der Waals surface area contributed by atoms with Gasteiger partial charge in [-0.2, -0.15) is 4.31 Å². The van der Waals surface area contributed by atoms with E-state index in [9.17, 15) is 13.2 Å². The zero-order valence-electron chi connectivity index (χ0n) is 19.4. The Hall–Kier alpha value is -3.05. The molecule has 0 aliphatic carbocycles. The number of carbonyl (C=O) groups excluding carboxylic acids is 1. The Morgan fingerprint density at radius 1 is 1.17 bits per heavy atom. The van der Waals surface area contributed by atoms with E-state index in [2.05, 4.69) is 4.98 Å². The molecule has 2 aromatic heterocycles. The molecule has 0 saturated carbocycles. The fraction of sp³-hybridized carbons (Fsp3) is 0.240. The van der Waals surface area contributed by atoms with Crippen LogP contribution in [-0.2, 0) is 21.4 Å². The summed E-state index contributed by atoms with van der Waals surface area (Å²) in [6, 6.07) is 16.2. The number of nitrogens with zero attached hydrogens (tertiary/aromatic N) is 4. The van der Waals surface area contributed by atoms with Crippen molar-refractivity contribution in [1.29, 1.82) is 0 Å². The zero-order chi connectivity index (χ0) is 25.3. The molecule has 36 heavy (non-hydrogen) atoms. The van der Waals surface area contributed by atoms with Crippen molar-refractivity contribution in [1.82, 2.24) is 14.3 Å². The van der Waals surface area contributed by atoms with Gasteiger partial charge >= 0.3 is 0 Å². The van der Waals surface area contributed by atoms with Crippen molar-refractivity contribution in [3.8, 4) is 5.75 Å². The van der Waals surface area contributed by atoms with E-state index in [-0.39, 0.29) is 23.9 Å². The Labute approximate surface area is 218 Å². The van der Waals surface area contributed by atoms with Crippen LogP contribution in [0.4, 0.5) is 5.13 Å². The first kappa shape index (κ1) is 24.6. The number of fused-ring (bicyclic) bond motifs is 1. The van der Waals surface area contributed by atoms with Crippen LogP contribution in [0.15, 0.2) is 71.8 Å². The SMILES string of the molecule is COc1cccc2sc(N(Cc3ccccn3)C(=O)C3CCCN3S(=O)(=O)c3ccc(Cl)cc3)nc12. The molecule has 1 aliphatic heterocycles. The van der Waals surface area contributed by atoms with Gasteiger partial charge in [0.1, 0.15) is 17.3 Å². The van der Waals surface area contributed by atoms with Gasteiger partial charge in [0, 0.05) is 17.8 Å². The third-order valence-electron chi connectivity index (χ3n) is 6.04. The standard InChI is InChI=1S/C25H23ClN4O4S2/c1-34-21-8-4-9-22-23(21)28-25(35-22)29(16-18-6-2-3-14-27-18)24(31)20-7-5-15-30(20)36(32,33)19-12-10-17(26)11-13-19/h2-4,6,8-14,20H,5,7,15-16H2,1H3. The summed E-state index contributed by atoms with van der Waals surface area (Å²) >= 11 is 7.30. The fourth-order valence-electron chi connectivity index (χ4n) is 4.28. The average Bonchev–Trinajstić information content (AvgIpc) is 3.55. The molecule has 1 atom stereocenters. The minimum absolute atomic E-state index is 0.104. The molecule has 1 unspecified atom stereocenters. The number of thiazole rings is 1. The number of amides is 1. The second kappa shape index (κ2) is 10.1. The molecule has 1 fully saturated rings. The lowest BCUT2D eigenvalue weighted by atomic mass is 10.2. The average molecular weight is 543 g/mol. The summed E-state index contributed by atoms with van der Waals surface area (Å²) < 4.78 is 34.5. The van der Waals surface area contributed by atoms with E-state index in [0.717, 1.165) is 4.70 Å². The van der Waals surface area contributed by atoms with Crippen molar-refractivity contribution >= 4 is 54.2 Å². The smallest absolute Gasteiger partial charge is 0.247 e. The van der Waals surface area contributed by atoms with Gasteiger partial charge in [-0.3, -0.25) is 14.7 Å². The summed E-state index contributed by atoms with van der Waals surface area (Å²) in [7, 11) is -2.33. The minimum Gasteiger partial charge on any atom is -0.494 e. The summed E-state index contributed by atoms with van der Waals surface area (Å²) in [5.41, 5.74) is 1.32. The largest absolute Gasteiger partial charge is 0.494 e. The van der Waals surface area contributed by atoms with E-state index in [1.807, 2.05) is 30.3 Å². The van der Waals surface area contributed by atoms with Crippen molar-refractivity contribution < 1.29 is 17.9 Å². The van der Waals surface area contributed by atoms with Crippen LogP contribution in [0.2, 0.25) is 5.02 Å². The number of halogens is 1. The number of pyridine rings is 1. The van der Waals surface area contributed by atoms with E-state index >= 15 is 0 Å². The van der Waals surface area contributed by atoms with Crippen molar-refractivity contribution in [2.75, 3.05) is 18.6 Å². The molecular weight excluding hydrogens is 520 g/mol. The first-order valence-electron chi connectivity index (χ1n) is 11.3. The predicted octanol–water partition coefficient (Wildman–Crippen LogP) is 4.74. The Balaban J connectivity index is 1.53. The van der Waals surface area contributed by atoms with Crippen molar-refractivity contribution in [2.24, 2.45) is 0 Å². The summed E-state index contributed by atoms with van der Waals surface area (Å²) in [6.07, 6.45) is 2.65. The van der Waals surface area contributed by atoms with Crippen molar-refractivity contribution in [3.05, 3.63) is 77.6 Å². The van der Waals surface area contributed by atoms with Gasteiger partial charge in [-0.15, -0.1) is 0 Å². The topological polar surface area (TPSA) is 92.7 Å². The summed E-state index contributed by atoms with van der Waals surface area (Å²) in [6.45, 7) is 0.416. The lowest BCUT2D eigenvalue weighted by Crippen LogP contribution is -2.47. The number of ether oxygens (including phenoxy) is 1. The molecule has 5 rings (SSSR count). The highest BCUT2D eigenvalue weighted by Gasteiger charge is 2.42. The maximum absolute atomic E-state index is 14.0. The van der Waals surface area contributed by atoms with Gasteiger partial charge in [-0.25, -0.2) is 13.4 Å². The zero-order valence-corrected chi connectivity index (χ0v) is 21.8. The molecule has 1 aliphatic rings. The highest BCUT2D eigenvalue weighted by atomic mass is 35.5. The van der Waals surface area contributed by atoms with Gasteiger partial charge in [0.15, 0.2) is 5.13 Å². The maximum Gasteiger partial charge on any atom is 0.247 e. The van der Waals surface area contributed by atoms with E-state index in [4.69, 9.17) is 21.3 Å². The van der Waals surface area contributed by atoms with Crippen LogP contribution in [0.25, 0.3) is 10.2 Å². The lowest BCUT2D eigenvalue weighted by Gasteiger charge is -2.28.